The minimum atomic E-state index is -3.65. The number of imide groups is 1. The standard InChI is InChI=1S/C14H20N4O5S/c1-9(2)13-15-11(7-16(13)3)24(21,22)17-4-10(5-17)6-18-12(19)8-23-14(18)20/h7,9-10H,4-6,8H2,1-3H3. The average Bonchev–Trinajstić information content (AvgIpc) is 2.98. The number of rotatable bonds is 5. The maximum absolute atomic E-state index is 12.6. The first-order valence-corrected chi connectivity index (χ1v) is 9.14. The molecular weight excluding hydrogens is 336 g/mol. The number of nitrogens with zero attached hydrogens (tertiary/aromatic N) is 4. The topological polar surface area (TPSA) is 102 Å². The van der Waals surface area contributed by atoms with Crippen LogP contribution in [0.2, 0.25) is 0 Å². The first-order chi connectivity index (χ1) is 11.2. The molecule has 0 saturated carbocycles. The summed E-state index contributed by atoms with van der Waals surface area (Å²) in [6.07, 6.45) is 0.854. The molecule has 132 valence electrons. The predicted molar refractivity (Wildman–Crippen MR) is 82.6 cm³/mol. The molecule has 3 rings (SSSR count). The summed E-state index contributed by atoms with van der Waals surface area (Å²) in [4.78, 5) is 28.2. The molecule has 24 heavy (non-hydrogen) atoms. The van der Waals surface area contributed by atoms with Crippen LogP contribution in [0.5, 0.6) is 0 Å². The van der Waals surface area contributed by atoms with E-state index >= 15 is 0 Å². The zero-order valence-electron chi connectivity index (χ0n) is 13.8. The Morgan fingerprint density at radius 1 is 1.33 bits per heavy atom. The van der Waals surface area contributed by atoms with E-state index in [1.165, 1.54) is 10.5 Å². The lowest BCUT2D eigenvalue weighted by Gasteiger charge is -2.38. The second-order valence-corrected chi connectivity index (χ2v) is 8.33. The summed E-state index contributed by atoms with van der Waals surface area (Å²) >= 11 is 0. The molecule has 2 saturated heterocycles. The van der Waals surface area contributed by atoms with E-state index in [4.69, 9.17) is 0 Å². The van der Waals surface area contributed by atoms with Gasteiger partial charge in [0.05, 0.1) is 0 Å². The molecule has 0 aromatic carbocycles. The average molecular weight is 356 g/mol. The largest absolute Gasteiger partial charge is 0.439 e. The van der Waals surface area contributed by atoms with Gasteiger partial charge in [-0.15, -0.1) is 0 Å². The van der Waals surface area contributed by atoms with Crippen molar-refractivity contribution in [2.45, 2.75) is 24.8 Å². The lowest BCUT2D eigenvalue weighted by molar-refractivity contribution is -0.126. The number of ether oxygens (including phenoxy) is 1. The van der Waals surface area contributed by atoms with Crippen molar-refractivity contribution in [2.75, 3.05) is 26.2 Å². The van der Waals surface area contributed by atoms with Crippen molar-refractivity contribution in [1.29, 1.82) is 0 Å². The van der Waals surface area contributed by atoms with Gasteiger partial charge < -0.3 is 9.30 Å². The first kappa shape index (κ1) is 16.9. The van der Waals surface area contributed by atoms with Gasteiger partial charge in [0.1, 0.15) is 5.82 Å². The number of cyclic esters (lactones) is 1. The molecule has 9 nitrogen and oxygen atoms in total. The highest BCUT2D eigenvalue weighted by Crippen LogP contribution is 2.27. The van der Waals surface area contributed by atoms with E-state index in [1.807, 2.05) is 13.8 Å². The normalized spacial score (nSPS) is 19.9. The Labute approximate surface area is 140 Å². The molecule has 2 aliphatic rings. The predicted octanol–water partition coefficient (Wildman–Crippen LogP) is 0.143. The van der Waals surface area contributed by atoms with E-state index in [-0.39, 0.29) is 49.0 Å². The Morgan fingerprint density at radius 3 is 2.50 bits per heavy atom. The number of imidazole rings is 1. The van der Waals surface area contributed by atoms with Crippen LogP contribution in [0, 0.1) is 5.92 Å². The summed E-state index contributed by atoms with van der Waals surface area (Å²) in [5.74, 6) is 0.363. The molecule has 10 heteroatoms. The monoisotopic (exact) mass is 356 g/mol. The fourth-order valence-electron chi connectivity index (χ4n) is 2.90. The Morgan fingerprint density at radius 2 is 2.00 bits per heavy atom. The van der Waals surface area contributed by atoms with Crippen LogP contribution < -0.4 is 0 Å². The Balaban J connectivity index is 1.65. The summed E-state index contributed by atoms with van der Waals surface area (Å²) < 4.78 is 32.9. The summed E-state index contributed by atoms with van der Waals surface area (Å²) in [5.41, 5.74) is 0. The van der Waals surface area contributed by atoms with E-state index in [9.17, 15) is 18.0 Å². The molecule has 0 radical (unpaired) electrons. The Hall–Kier alpha value is -1.94. The lowest BCUT2D eigenvalue weighted by Crippen LogP contribution is -2.54. The second-order valence-electron chi connectivity index (χ2n) is 6.45. The molecule has 0 N–H and O–H groups in total. The van der Waals surface area contributed by atoms with Crippen molar-refractivity contribution in [3.63, 3.8) is 0 Å². The van der Waals surface area contributed by atoms with Crippen LogP contribution in [0.25, 0.3) is 0 Å². The molecule has 1 aromatic heterocycles. The van der Waals surface area contributed by atoms with Gasteiger partial charge in [0.25, 0.3) is 15.9 Å². The molecule has 0 aliphatic carbocycles. The van der Waals surface area contributed by atoms with Crippen LogP contribution in [0.1, 0.15) is 25.6 Å². The minimum Gasteiger partial charge on any atom is -0.439 e. The van der Waals surface area contributed by atoms with Gasteiger partial charge in [0, 0.05) is 44.7 Å². The van der Waals surface area contributed by atoms with Crippen LogP contribution in [0.3, 0.4) is 0 Å². The molecule has 0 unspecified atom stereocenters. The number of hydrogen-bond donors (Lipinski definition) is 0. The van der Waals surface area contributed by atoms with Crippen LogP contribution >= 0.6 is 0 Å². The number of amides is 2. The van der Waals surface area contributed by atoms with E-state index in [0.717, 1.165) is 4.90 Å². The number of carbonyl (C=O) groups is 2. The molecule has 1 aromatic rings. The van der Waals surface area contributed by atoms with Crippen molar-refractivity contribution in [3.05, 3.63) is 12.0 Å². The van der Waals surface area contributed by atoms with Gasteiger partial charge in [0.15, 0.2) is 11.6 Å². The highest BCUT2D eigenvalue weighted by atomic mass is 32.2. The molecule has 0 bridgehead atoms. The highest BCUT2D eigenvalue weighted by Gasteiger charge is 2.42. The quantitative estimate of drug-likeness (QED) is 0.744. The number of aromatic nitrogens is 2. The number of hydrogen-bond acceptors (Lipinski definition) is 6. The molecule has 2 fully saturated rings. The third-order valence-corrected chi connectivity index (χ3v) is 5.92. The van der Waals surface area contributed by atoms with Gasteiger partial charge in [-0.05, 0) is 0 Å². The van der Waals surface area contributed by atoms with Gasteiger partial charge in [-0.3, -0.25) is 4.79 Å². The van der Waals surface area contributed by atoms with Crippen molar-refractivity contribution in [1.82, 2.24) is 18.8 Å². The van der Waals surface area contributed by atoms with Crippen molar-refractivity contribution in [2.24, 2.45) is 13.0 Å². The van der Waals surface area contributed by atoms with Gasteiger partial charge in [0.2, 0.25) is 0 Å². The Kier molecular flexibility index (Phi) is 4.12. The molecular formula is C14H20N4O5S. The fraction of sp³-hybridized carbons (Fsp3) is 0.643. The van der Waals surface area contributed by atoms with Crippen LogP contribution in [-0.4, -0.2) is 65.4 Å². The molecule has 3 heterocycles. The third kappa shape index (κ3) is 2.80. The lowest BCUT2D eigenvalue weighted by atomic mass is 10.0. The van der Waals surface area contributed by atoms with Crippen LogP contribution in [0.4, 0.5) is 4.79 Å². The smallest absolute Gasteiger partial charge is 0.417 e. The van der Waals surface area contributed by atoms with Crippen LogP contribution in [0.15, 0.2) is 11.2 Å². The number of carbonyl (C=O) groups excluding carboxylic acids is 2. The maximum atomic E-state index is 12.6. The third-order valence-electron chi connectivity index (χ3n) is 4.22. The minimum absolute atomic E-state index is 0.0313. The van der Waals surface area contributed by atoms with Gasteiger partial charge >= 0.3 is 6.09 Å². The van der Waals surface area contributed by atoms with E-state index < -0.39 is 16.1 Å². The molecule has 0 spiro atoms. The van der Waals surface area contributed by atoms with Crippen molar-refractivity contribution < 1.29 is 22.7 Å². The molecule has 2 amide bonds. The molecule has 2 aliphatic heterocycles. The summed E-state index contributed by atoms with van der Waals surface area (Å²) in [6.45, 7) is 4.36. The zero-order valence-corrected chi connectivity index (χ0v) is 14.6. The summed E-state index contributed by atoms with van der Waals surface area (Å²) in [7, 11) is -1.88. The van der Waals surface area contributed by atoms with Gasteiger partial charge in [-0.1, -0.05) is 13.8 Å². The van der Waals surface area contributed by atoms with Crippen molar-refractivity contribution in [3.8, 4) is 0 Å². The zero-order chi connectivity index (χ0) is 17.6. The second kappa shape index (κ2) is 5.85. The maximum Gasteiger partial charge on any atom is 0.417 e. The van der Waals surface area contributed by atoms with Gasteiger partial charge in [-0.25, -0.2) is 23.1 Å². The van der Waals surface area contributed by atoms with Crippen LogP contribution in [-0.2, 0) is 26.6 Å². The van der Waals surface area contributed by atoms with Gasteiger partial charge in [-0.2, -0.15) is 4.31 Å². The Bertz CT molecular complexity index is 763. The van der Waals surface area contributed by atoms with E-state index in [0.29, 0.717) is 5.82 Å². The number of aryl methyl sites for hydroxylation is 1. The SMILES string of the molecule is CC(C)c1nc(S(=O)(=O)N2CC(CN3C(=O)COC3=O)C2)cn1C. The number of sulfonamides is 1. The fourth-order valence-corrected chi connectivity index (χ4v) is 4.47. The summed E-state index contributed by atoms with van der Waals surface area (Å²) in [6, 6.07) is 0. The first-order valence-electron chi connectivity index (χ1n) is 7.70. The van der Waals surface area contributed by atoms with E-state index in [2.05, 4.69) is 9.72 Å². The molecule has 0 atom stereocenters. The van der Waals surface area contributed by atoms with E-state index in [1.54, 1.807) is 11.6 Å². The van der Waals surface area contributed by atoms with Crippen molar-refractivity contribution >= 4 is 22.0 Å². The highest BCUT2D eigenvalue weighted by molar-refractivity contribution is 7.89. The summed E-state index contributed by atoms with van der Waals surface area (Å²) in [5, 5.41) is 0.0313.